The molecule has 0 radical (unpaired) electrons. The number of guanidine groups is 1. The molecule has 0 saturated heterocycles. The molecule has 0 unspecified atom stereocenters. The molecule has 0 aliphatic heterocycles. The maximum atomic E-state index is 4.67. The summed E-state index contributed by atoms with van der Waals surface area (Å²) in [5.74, 6) is 0.845. The van der Waals surface area contributed by atoms with Gasteiger partial charge in [-0.1, -0.05) is 0 Å². The maximum absolute atomic E-state index is 4.67. The van der Waals surface area contributed by atoms with Crippen LogP contribution in [0.3, 0.4) is 0 Å². The van der Waals surface area contributed by atoms with Crippen LogP contribution < -0.4 is 10.6 Å². The topological polar surface area (TPSA) is 59.2 Å². The molecule has 2 N–H and O–H groups in total. The van der Waals surface area contributed by atoms with E-state index < -0.39 is 0 Å². The molecule has 0 spiro atoms. The largest absolute Gasteiger partial charge is 0.357 e. The number of aromatic nitrogens is 3. The Morgan fingerprint density at radius 3 is 2.48 bits per heavy atom. The second-order valence-electron chi connectivity index (χ2n) is 5.32. The first-order valence-corrected chi connectivity index (χ1v) is 7.73. The third-order valence-corrected chi connectivity index (χ3v) is 3.73. The van der Waals surface area contributed by atoms with Gasteiger partial charge in [-0.15, -0.1) is 24.0 Å². The highest BCUT2D eigenvalue weighted by molar-refractivity contribution is 14.0. The molecule has 0 aliphatic rings. The zero-order chi connectivity index (χ0) is 15.9. The molecule has 2 aromatic rings. The molecule has 2 aromatic heterocycles. The molecule has 7 heteroatoms. The lowest BCUT2D eigenvalue weighted by molar-refractivity contribution is 0.665. The minimum absolute atomic E-state index is 0. The van der Waals surface area contributed by atoms with E-state index in [1.54, 1.807) is 0 Å². The number of hydrogen-bond acceptors (Lipinski definition) is 2. The lowest BCUT2D eigenvalue weighted by Crippen LogP contribution is -2.38. The van der Waals surface area contributed by atoms with Gasteiger partial charge >= 0.3 is 0 Å². The first-order valence-electron chi connectivity index (χ1n) is 7.73. The number of nitrogens with one attached hydrogen (secondary N) is 2. The standard InChI is InChI=1S/C16H26N6.HI/c1-5-17-16(18-8-11-22-9-6-7-10-22)19-12-15-13(2)20-21(4)14(15)3;/h6-7,9-10H,5,8,11-12H2,1-4H3,(H2,17,18,19);1H. The Labute approximate surface area is 155 Å². The van der Waals surface area contributed by atoms with Crippen LogP contribution in [0.4, 0.5) is 0 Å². The van der Waals surface area contributed by atoms with E-state index in [4.69, 9.17) is 0 Å². The second kappa shape index (κ2) is 9.59. The third-order valence-electron chi connectivity index (χ3n) is 3.73. The second-order valence-corrected chi connectivity index (χ2v) is 5.32. The zero-order valence-electron chi connectivity index (χ0n) is 14.3. The van der Waals surface area contributed by atoms with Crippen LogP contribution in [0.25, 0.3) is 0 Å². The fourth-order valence-corrected chi connectivity index (χ4v) is 2.37. The average molecular weight is 430 g/mol. The average Bonchev–Trinajstić information content (AvgIpc) is 3.07. The van der Waals surface area contributed by atoms with E-state index in [9.17, 15) is 0 Å². The maximum Gasteiger partial charge on any atom is 0.191 e. The third kappa shape index (κ3) is 5.56. The van der Waals surface area contributed by atoms with Gasteiger partial charge in [-0.2, -0.15) is 5.10 Å². The van der Waals surface area contributed by atoms with Crippen molar-refractivity contribution in [3.63, 3.8) is 0 Å². The first-order chi connectivity index (χ1) is 10.6. The van der Waals surface area contributed by atoms with Crippen molar-refractivity contribution in [1.82, 2.24) is 25.0 Å². The lowest BCUT2D eigenvalue weighted by Gasteiger charge is -2.11. The van der Waals surface area contributed by atoms with Crippen LogP contribution in [0.2, 0.25) is 0 Å². The van der Waals surface area contributed by atoms with E-state index in [0.29, 0.717) is 6.54 Å². The molecule has 23 heavy (non-hydrogen) atoms. The van der Waals surface area contributed by atoms with E-state index >= 15 is 0 Å². The monoisotopic (exact) mass is 430 g/mol. The van der Waals surface area contributed by atoms with Crippen LogP contribution >= 0.6 is 24.0 Å². The number of halogens is 1. The molecule has 0 atom stereocenters. The van der Waals surface area contributed by atoms with E-state index in [1.807, 2.05) is 30.8 Å². The Balaban J connectivity index is 0.00000264. The van der Waals surface area contributed by atoms with Gasteiger partial charge in [0.25, 0.3) is 0 Å². The van der Waals surface area contributed by atoms with Crippen molar-refractivity contribution >= 4 is 29.9 Å². The Morgan fingerprint density at radius 2 is 1.91 bits per heavy atom. The summed E-state index contributed by atoms with van der Waals surface area (Å²) in [5.41, 5.74) is 3.42. The molecular formula is C16H27IN6. The lowest BCUT2D eigenvalue weighted by atomic mass is 10.2. The van der Waals surface area contributed by atoms with Gasteiger partial charge in [-0.3, -0.25) is 4.68 Å². The Morgan fingerprint density at radius 1 is 1.22 bits per heavy atom. The normalized spacial score (nSPS) is 11.2. The van der Waals surface area contributed by atoms with Crippen molar-refractivity contribution in [3.8, 4) is 0 Å². The number of aliphatic imine (C=N–C) groups is 1. The van der Waals surface area contributed by atoms with Crippen LogP contribution in [-0.4, -0.2) is 33.4 Å². The smallest absolute Gasteiger partial charge is 0.191 e. The summed E-state index contributed by atoms with van der Waals surface area (Å²) in [7, 11) is 1.97. The van der Waals surface area contributed by atoms with E-state index in [-0.39, 0.29) is 24.0 Å². The predicted octanol–water partition coefficient (Wildman–Crippen LogP) is 2.21. The number of aryl methyl sites for hydroxylation is 2. The minimum atomic E-state index is 0. The van der Waals surface area contributed by atoms with Crippen LogP contribution in [0, 0.1) is 13.8 Å². The summed E-state index contributed by atoms with van der Waals surface area (Å²) in [6.07, 6.45) is 4.13. The van der Waals surface area contributed by atoms with Crippen molar-refractivity contribution in [2.75, 3.05) is 13.1 Å². The minimum Gasteiger partial charge on any atom is -0.357 e. The highest BCUT2D eigenvalue weighted by atomic mass is 127. The molecule has 128 valence electrons. The van der Waals surface area contributed by atoms with Crippen molar-refractivity contribution in [2.45, 2.75) is 33.9 Å². The Hall–Kier alpha value is -1.51. The summed E-state index contributed by atoms with van der Waals surface area (Å²) >= 11 is 0. The molecule has 2 rings (SSSR count). The van der Waals surface area contributed by atoms with Gasteiger partial charge in [-0.05, 0) is 32.9 Å². The summed E-state index contributed by atoms with van der Waals surface area (Å²) in [5, 5.41) is 11.1. The summed E-state index contributed by atoms with van der Waals surface area (Å²) in [6, 6.07) is 4.07. The van der Waals surface area contributed by atoms with Gasteiger partial charge in [-0.25, -0.2) is 4.99 Å². The van der Waals surface area contributed by atoms with Crippen molar-refractivity contribution < 1.29 is 0 Å². The van der Waals surface area contributed by atoms with E-state index in [0.717, 1.165) is 31.3 Å². The summed E-state index contributed by atoms with van der Waals surface area (Å²) in [4.78, 5) is 4.67. The molecule has 0 saturated carbocycles. The molecule has 2 heterocycles. The van der Waals surface area contributed by atoms with Gasteiger partial charge < -0.3 is 15.2 Å². The highest BCUT2D eigenvalue weighted by Crippen LogP contribution is 2.12. The van der Waals surface area contributed by atoms with Gasteiger partial charge in [0.05, 0.1) is 12.2 Å². The van der Waals surface area contributed by atoms with E-state index in [2.05, 4.69) is 51.5 Å². The predicted molar refractivity (Wildman–Crippen MR) is 105 cm³/mol. The van der Waals surface area contributed by atoms with Crippen molar-refractivity contribution in [1.29, 1.82) is 0 Å². The first kappa shape index (κ1) is 19.5. The Bertz CT molecular complexity index is 615. The van der Waals surface area contributed by atoms with Gasteiger partial charge in [0.1, 0.15) is 0 Å². The fourth-order valence-electron chi connectivity index (χ4n) is 2.37. The zero-order valence-corrected chi connectivity index (χ0v) is 16.7. The molecule has 6 nitrogen and oxygen atoms in total. The van der Waals surface area contributed by atoms with E-state index in [1.165, 1.54) is 11.3 Å². The molecule has 0 bridgehead atoms. The molecule has 0 aromatic carbocycles. The molecule has 0 aliphatic carbocycles. The van der Waals surface area contributed by atoms with Gasteiger partial charge in [0, 0.05) is 50.3 Å². The molecule has 0 amide bonds. The van der Waals surface area contributed by atoms with Crippen molar-refractivity contribution in [3.05, 3.63) is 41.5 Å². The number of nitrogens with zero attached hydrogens (tertiary/aromatic N) is 4. The van der Waals surface area contributed by atoms with Crippen LogP contribution in [0.5, 0.6) is 0 Å². The molecular weight excluding hydrogens is 403 g/mol. The van der Waals surface area contributed by atoms with Gasteiger partial charge in [0.2, 0.25) is 0 Å². The highest BCUT2D eigenvalue weighted by Gasteiger charge is 2.08. The van der Waals surface area contributed by atoms with Crippen LogP contribution in [-0.2, 0) is 20.1 Å². The van der Waals surface area contributed by atoms with Crippen LogP contribution in [0.15, 0.2) is 29.5 Å². The summed E-state index contributed by atoms with van der Waals surface area (Å²) in [6.45, 7) is 9.43. The molecule has 0 fully saturated rings. The fraction of sp³-hybridized carbons (Fsp3) is 0.500. The number of hydrogen-bond donors (Lipinski definition) is 2. The number of rotatable bonds is 6. The van der Waals surface area contributed by atoms with Crippen LogP contribution in [0.1, 0.15) is 23.9 Å². The van der Waals surface area contributed by atoms with Gasteiger partial charge in [0.15, 0.2) is 5.96 Å². The quantitative estimate of drug-likeness (QED) is 0.420. The SMILES string of the molecule is CCNC(=NCc1c(C)nn(C)c1C)NCCn1cccc1.I. The van der Waals surface area contributed by atoms with Crippen molar-refractivity contribution in [2.24, 2.45) is 12.0 Å². The summed E-state index contributed by atoms with van der Waals surface area (Å²) < 4.78 is 4.05. The Kier molecular flexibility index (Phi) is 8.15.